The highest BCUT2D eigenvalue weighted by atomic mass is 32.2. The molecule has 0 N–H and O–H groups in total. The third-order valence-electron chi connectivity index (χ3n) is 2.02. The summed E-state index contributed by atoms with van der Waals surface area (Å²) >= 11 is 1.58. The fraction of sp³-hybridized carbons (Fsp3) is 0.500. The summed E-state index contributed by atoms with van der Waals surface area (Å²) in [5.74, 6) is 1.51. The maximum atomic E-state index is 5.71. The number of rotatable bonds is 4. The maximum Gasteiger partial charge on any atom is 0.214 e. The summed E-state index contributed by atoms with van der Waals surface area (Å²) in [6.45, 7) is 0. The molecule has 1 aliphatic carbocycles. The van der Waals surface area contributed by atoms with Crippen LogP contribution in [0.2, 0.25) is 0 Å². The number of thioether (sulfide) groups is 1. The van der Waals surface area contributed by atoms with Crippen LogP contribution < -0.4 is 9.47 Å². The Balaban J connectivity index is 2.19. The summed E-state index contributed by atoms with van der Waals surface area (Å²) in [4.78, 5) is 4.31. The second-order valence-corrected chi connectivity index (χ2v) is 3.97. The molecule has 0 amide bonds. The molecule has 1 heterocycles. The number of pyridine rings is 1. The van der Waals surface area contributed by atoms with E-state index in [9.17, 15) is 0 Å². The Labute approximate surface area is 87.8 Å². The normalized spacial score (nSPS) is 15.3. The van der Waals surface area contributed by atoms with Crippen LogP contribution in [0.25, 0.3) is 0 Å². The van der Waals surface area contributed by atoms with Gasteiger partial charge in [0.05, 0.1) is 13.2 Å². The summed E-state index contributed by atoms with van der Waals surface area (Å²) < 4.78 is 10.8. The van der Waals surface area contributed by atoms with E-state index in [-0.39, 0.29) is 0 Å². The summed E-state index contributed by atoms with van der Waals surface area (Å²) in [5, 5.41) is 0.899. The molecule has 76 valence electrons. The summed E-state index contributed by atoms with van der Waals surface area (Å²) in [6.07, 6.45) is 4.73. The molecule has 1 fully saturated rings. The molecule has 1 aromatic rings. The van der Waals surface area contributed by atoms with Gasteiger partial charge in [0.2, 0.25) is 5.88 Å². The Hall–Kier alpha value is -0.900. The zero-order valence-corrected chi connectivity index (χ0v) is 9.13. The molecule has 0 aliphatic heterocycles. The number of aromatic nitrogens is 1. The third-order valence-corrected chi connectivity index (χ3v) is 2.70. The molecule has 0 saturated heterocycles. The molecule has 0 unspecified atom stereocenters. The number of nitrogens with zero attached hydrogens (tertiary/aromatic N) is 1. The predicted octanol–water partition coefficient (Wildman–Crippen LogP) is 2.35. The molecular formula is C10H13NO2S. The van der Waals surface area contributed by atoms with Crippen LogP contribution in [-0.4, -0.2) is 24.5 Å². The van der Waals surface area contributed by atoms with Crippen LogP contribution in [0.5, 0.6) is 11.6 Å². The van der Waals surface area contributed by atoms with E-state index >= 15 is 0 Å². The van der Waals surface area contributed by atoms with Crippen molar-refractivity contribution in [2.75, 3.05) is 13.4 Å². The average molecular weight is 211 g/mol. The Kier molecular flexibility index (Phi) is 2.82. The van der Waals surface area contributed by atoms with Gasteiger partial charge >= 0.3 is 0 Å². The molecule has 14 heavy (non-hydrogen) atoms. The van der Waals surface area contributed by atoms with Gasteiger partial charge in [-0.15, -0.1) is 11.8 Å². The molecule has 1 aliphatic rings. The maximum absolute atomic E-state index is 5.71. The smallest absolute Gasteiger partial charge is 0.214 e. The summed E-state index contributed by atoms with van der Waals surface area (Å²) in [7, 11) is 1.62. The van der Waals surface area contributed by atoms with Crippen LogP contribution >= 0.6 is 11.8 Å². The molecule has 0 spiro atoms. The van der Waals surface area contributed by atoms with E-state index in [0.717, 1.165) is 10.8 Å². The summed E-state index contributed by atoms with van der Waals surface area (Å²) in [5.41, 5.74) is 0. The number of ether oxygens (including phenoxy) is 2. The van der Waals surface area contributed by atoms with Crippen molar-refractivity contribution in [2.45, 2.75) is 24.0 Å². The van der Waals surface area contributed by atoms with E-state index in [2.05, 4.69) is 4.98 Å². The van der Waals surface area contributed by atoms with Gasteiger partial charge in [0, 0.05) is 6.07 Å². The topological polar surface area (TPSA) is 31.4 Å². The largest absolute Gasteiger partial charge is 0.488 e. The fourth-order valence-corrected chi connectivity index (χ4v) is 1.62. The van der Waals surface area contributed by atoms with Crippen LogP contribution in [0.1, 0.15) is 12.8 Å². The van der Waals surface area contributed by atoms with Gasteiger partial charge in [0.25, 0.3) is 0 Å². The van der Waals surface area contributed by atoms with Crippen molar-refractivity contribution in [3.8, 4) is 11.6 Å². The van der Waals surface area contributed by atoms with Crippen molar-refractivity contribution < 1.29 is 9.47 Å². The minimum Gasteiger partial charge on any atom is -0.488 e. The second kappa shape index (κ2) is 4.09. The minimum absolute atomic E-state index is 0.413. The molecule has 1 aromatic heterocycles. The molecule has 0 radical (unpaired) electrons. The first-order valence-electron chi connectivity index (χ1n) is 4.59. The zero-order valence-electron chi connectivity index (χ0n) is 8.32. The lowest BCUT2D eigenvalue weighted by Crippen LogP contribution is -1.99. The Morgan fingerprint density at radius 2 is 2.21 bits per heavy atom. The van der Waals surface area contributed by atoms with E-state index in [1.54, 1.807) is 18.9 Å². The van der Waals surface area contributed by atoms with Crippen LogP contribution in [0.15, 0.2) is 17.2 Å². The Morgan fingerprint density at radius 1 is 1.43 bits per heavy atom. The monoisotopic (exact) mass is 211 g/mol. The van der Waals surface area contributed by atoms with Crippen molar-refractivity contribution in [1.82, 2.24) is 4.98 Å². The van der Waals surface area contributed by atoms with Gasteiger partial charge in [-0.3, -0.25) is 0 Å². The molecule has 1 saturated carbocycles. The highest BCUT2D eigenvalue weighted by Gasteiger charge is 2.24. The van der Waals surface area contributed by atoms with Gasteiger partial charge in [-0.05, 0) is 25.2 Å². The van der Waals surface area contributed by atoms with E-state index in [1.165, 1.54) is 12.8 Å². The molecular weight excluding hydrogens is 198 g/mol. The number of methoxy groups -OCH3 is 1. The lowest BCUT2D eigenvalue weighted by molar-refractivity contribution is 0.291. The van der Waals surface area contributed by atoms with Gasteiger partial charge in [0.15, 0.2) is 5.75 Å². The van der Waals surface area contributed by atoms with Gasteiger partial charge in [-0.1, -0.05) is 0 Å². The van der Waals surface area contributed by atoms with E-state index in [4.69, 9.17) is 9.47 Å². The number of hydrogen-bond acceptors (Lipinski definition) is 4. The van der Waals surface area contributed by atoms with Crippen LogP contribution in [-0.2, 0) is 0 Å². The first-order valence-corrected chi connectivity index (χ1v) is 5.81. The summed E-state index contributed by atoms with van der Waals surface area (Å²) in [6, 6.07) is 3.76. The molecule has 4 heteroatoms. The molecule has 2 rings (SSSR count). The Morgan fingerprint density at radius 3 is 2.79 bits per heavy atom. The van der Waals surface area contributed by atoms with Crippen molar-refractivity contribution >= 4 is 11.8 Å². The first kappa shape index (κ1) is 9.65. The van der Waals surface area contributed by atoms with Crippen molar-refractivity contribution in [1.29, 1.82) is 0 Å². The Bertz CT molecular complexity index is 326. The highest BCUT2D eigenvalue weighted by Crippen LogP contribution is 2.33. The van der Waals surface area contributed by atoms with Gasteiger partial charge in [0.1, 0.15) is 5.03 Å². The van der Waals surface area contributed by atoms with Gasteiger partial charge < -0.3 is 9.47 Å². The molecule has 0 bridgehead atoms. The van der Waals surface area contributed by atoms with Crippen molar-refractivity contribution in [2.24, 2.45) is 0 Å². The standard InChI is InChI=1S/C10H13NO2S/c1-12-9-6-5-8(10(11-9)14-2)13-7-3-4-7/h5-7H,3-4H2,1-2H3. The quantitative estimate of drug-likeness (QED) is 0.715. The van der Waals surface area contributed by atoms with Crippen LogP contribution in [0, 0.1) is 0 Å². The fourth-order valence-electron chi connectivity index (χ4n) is 1.13. The van der Waals surface area contributed by atoms with Crippen LogP contribution in [0.3, 0.4) is 0 Å². The number of hydrogen-bond donors (Lipinski definition) is 0. The average Bonchev–Trinajstić information content (AvgIpc) is 3.02. The first-order chi connectivity index (χ1) is 6.83. The molecule has 0 atom stereocenters. The van der Waals surface area contributed by atoms with Gasteiger partial charge in [-0.25, -0.2) is 4.98 Å². The third kappa shape index (κ3) is 2.12. The second-order valence-electron chi connectivity index (χ2n) is 3.18. The predicted molar refractivity (Wildman–Crippen MR) is 56.2 cm³/mol. The van der Waals surface area contributed by atoms with E-state index in [0.29, 0.717) is 12.0 Å². The lowest BCUT2D eigenvalue weighted by Gasteiger charge is -2.09. The van der Waals surface area contributed by atoms with Crippen LogP contribution in [0.4, 0.5) is 0 Å². The molecule has 0 aromatic carbocycles. The highest BCUT2D eigenvalue weighted by molar-refractivity contribution is 7.98. The lowest BCUT2D eigenvalue weighted by atomic mass is 10.4. The van der Waals surface area contributed by atoms with Gasteiger partial charge in [-0.2, -0.15) is 0 Å². The SMILES string of the molecule is COc1ccc(OC2CC2)c(SC)n1. The van der Waals surface area contributed by atoms with E-state index in [1.807, 2.05) is 18.4 Å². The van der Waals surface area contributed by atoms with Crippen molar-refractivity contribution in [3.05, 3.63) is 12.1 Å². The van der Waals surface area contributed by atoms with E-state index < -0.39 is 0 Å². The molecule has 3 nitrogen and oxygen atoms in total. The zero-order chi connectivity index (χ0) is 9.97. The minimum atomic E-state index is 0.413. The van der Waals surface area contributed by atoms with Crippen molar-refractivity contribution in [3.63, 3.8) is 0 Å².